The number of aromatic nitrogens is 1. The Morgan fingerprint density at radius 1 is 1.25 bits per heavy atom. The van der Waals surface area contributed by atoms with Gasteiger partial charge in [-0.25, -0.2) is 0 Å². The molecule has 0 radical (unpaired) electrons. The van der Waals surface area contributed by atoms with Crippen molar-refractivity contribution < 1.29 is 0 Å². The van der Waals surface area contributed by atoms with Crippen molar-refractivity contribution in [1.82, 2.24) is 9.88 Å². The van der Waals surface area contributed by atoms with Gasteiger partial charge in [0.2, 0.25) is 0 Å². The highest BCUT2D eigenvalue weighted by atomic mass is 15.1. The summed E-state index contributed by atoms with van der Waals surface area (Å²) in [6, 6.07) is 9.47. The van der Waals surface area contributed by atoms with Crippen LogP contribution in [0.2, 0.25) is 0 Å². The third kappa shape index (κ3) is 2.89. The minimum atomic E-state index is 0.408. The largest absolute Gasteiger partial charge is 0.358 e. The second-order valence-electron chi connectivity index (χ2n) is 6.41. The number of nitrogens with one attached hydrogen (secondary N) is 1. The summed E-state index contributed by atoms with van der Waals surface area (Å²) in [5.41, 5.74) is 9.94. The molecule has 1 aromatic carbocycles. The molecule has 1 saturated heterocycles. The molecule has 2 heterocycles. The molecule has 0 bridgehead atoms. The summed E-state index contributed by atoms with van der Waals surface area (Å²) in [5.74, 6) is 0.550. The predicted molar refractivity (Wildman–Crippen MR) is 84.9 cm³/mol. The number of nitrogens with two attached hydrogens (primary N) is 1. The summed E-state index contributed by atoms with van der Waals surface area (Å²) in [6.07, 6.45) is 2.25. The van der Waals surface area contributed by atoms with Crippen LogP contribution in [0.1, 0.15) is 43.9 Å². The zero-order chi connectivity index (χ0) is 14.1. The summed E-state index contributed by atoms with van der Waals surface area (Å²) in [4.78, 5) is 6.05. The zero-order valence-corrected chi connectivity index (χ0v) is 12.5. The van der Waals surface area contributed by atoms with Gasteiger partial charge in [0.15, 0.2) is 0 Å². The summed E-state index contributed by atoms with van der Waals surface area (Å²) >= 11 is 0. The third-order valence-electron chi connectivity index (χ3n) is 4.37. The fourth-order valence-corrected chi connectivity index (χ4v) is 2.98. The molecule has 0 amide bonds. The molecule has 1 fully saturated rings. The number of aromatic amines is 1. The van der Waals surface area contributed by atoms with Crippen LogP contribution in [0, 0.1) is 0 Å². The second kappa shape index (κ2) is 5.58. The normalized spacial score (nSPS) is 18.2. The first-order valence-corrected chi connectivity index (χ1v) is 7.71. The molecular formula is C17H25N3. The molecule has 108 valence electrons. The third-order valence-corrected chi connectivity index (χ3v) is 4.37. The van der Waals surface area contributed by atoms with Crippen LogP contribution in [-0.2, 0) is 6.54 Å². The number of likely N-dealkylation sites (tertiary alicyclic amines) is 1. The molecule has 0 atom stereocenters. The van der Waals surface area contributed by atoms with Crippen molar-refractivity contribution in [3.05, 3.63) is 35.5 Å². The van der Waals surface area contributed by atoms with Crippen LogP contribution < -0.4 is 5.73 Å². The Kier molecular flexibility index (Phi) is 3.81. The van der Waals surface area contributed by atoms with Gasteiger partial charge in [-0.3, -0.25) is 4.90 Å². The maximum Gasteiger partial charge on any atom is 0.0459 e. The summed E-state index contributed by atoms with van der Waals surface area (Å²) in [6.45, 7) is 7.74. The van der Waals surface area contributed by atoms with E-state index in [9.17, 15) is 0 Å². The van der Waals surface area contributed by atoms with Crippen molar-refractivity contribution in [3.63, 3.8) is 0 Å². The van der Waals surface area contributed by atoms with E-state index in [0.29, 0.717) is 12.0 Å². The van der Waals surface area contributed by atoms with E-state index in [-0.39, 0.29) is 0 Å². The lowest BCUT2D eigenvalue weighted by molar-refractivity contribution is 0.206. The van der Waals surface area contributed by atoms with E-state index in [1.165, 1.54) is 22.2 Å². The minimum absolute atomic E-state index is 0.408. The average molecular weight is 271 g/mol. The highest BCUT2D eigenvalue weighted by Gasteiger charge is 2.16. The minimum Gasteiger partial charge on any atom is -0.358 e. The first kappa shape index (κ1) is 13.7. The van der Waals surface area contributed by atoms with Crippen molar-refractivity contribution in [2.45, 2.75) is 45.2 Å². The first-order chi connectivity index (χ1) is 9.61. The van der Waals surface area contributed by atoms with Gasteiger partial charge in [-0.05, 0) is 54.9 Å². The predicted octanol–water partition coefficient (Wildman–Crippen LogP) is 3.21. The van der Waals surface area contributed by atoms with Crippen molar-refractivity contribution >= 4 is 10.9 Å². The van der Waals surface area contributed by atoms with Crippen LogP contribution in [0.25, 0.3) is 10.9 Å². The van der Waals surface area contributed by atoms with Crippen LogP contribution in [0.15, 0.2) is 24.3 Å². The number of benzene rings is 1. The van der Waals surface area contributed by atoms with Crippen molar-refractivity contribution in [2.75, 3.05) is 13.1 Å². The first-order valence-electron chi connectivity index (χ1n) is 7.71. The second-order valence-corrected chi connectivity index (χ2v) is 6.41. The van der Waals surface area contributed by atoms with Gasteiger partial charge in [0.25, 0.3) is 0 Å². The van der Waals surface area contributed by atoms with Gasteiger partial charge >= 0.3 is 0 Å². The summed E-state index contributed by atoms with van der Waals surface area (Å²) in [7, 11) is 0. The van der Waals surface area contributed by atoms with Crippen molar-refractivity contribution in [2.24, 2.45) is 5.73 Å². The van der Waals surface area contributed by atoms with E-state index >= 15 is 0 Å². The standard InChI is InChI=1S/C17H25N3/c1-12(2)16-10-14-4-3-13(9-17(14)19-16)11-20-7-5-15(18)6-8-20/h3-4,9-10,12,15,19H,5-8,11,18H2,1-2H3. The SMILES string of the molecule is CC(C)c1cc2ccc(CN3CCC(N)CC3)cc2[nH]1. The lowest BCUT2D eigenvalue weighted by Crippen LogP contribution is -2.39. The molecule has 0 spiro atoms. The van der Waals surface area contributed by atoms with Gasteiger partial charge in [0.1, 0.15) is 0 Å². The Morgan fingerprint density at radius 3 is 2.70 bits per heavy atom. The molecule has 3 rings (SSSR count). The van der Waals surface area contributed by atoms with Gasteiger partial charge in [-0.1, -0.05) is 26.0 Å². The van der Waals surface area contributed by atoms with E-state index < -0.39 is 0 Å². The molecule has 0 saturated carbocycles. The van der Waals surface area contributed by atoms with Crippen LogP contribution in [0.4, 0.5) is 0 Å². The van der Waals surface area contributed by atoms with Crippen LogP contribution in [0.3, 0.4) is 0 Å². The molecule has 3 heteroatoms. The molecule has 1 aliphatic rings. The highest BCUT2D eigenvalue weighted by molar-refractivity contribution is 5.81. The fourth-order valence-electron chi connectivity index (χ4n) is 2.98. The lowest BCUT2D eigenvalue weighted by atomic mass is 10.0. The summed E-state index contributed by atoms with van der Waals surface area (Å²) < 4.78 is 0. The Morgan fingerprint density at radius 2 is 2.00 bits per heavy atom. The Hall–Kier alpha value is -1.32. The van der Waals surface area contributed by atoms with Crippen molar-refractivity contribution in [1.29, 1.82) is 0 Å². The highest BCUT2D eigenvalue weighted by Crippen LogP contribution is 2.23. The summed E-state index contributed by atoms with van der Waals surface area (Å²) in [5, 5.41) is 1.32. The number of nitrogens with zero attached hydrogens (tertiary/aromatic N) is 1. The lowest BCUT2D eigenvalue weighted by Gasteiger charge is -2.30. The molecule has 20 heavy (non-hydrogen) atoms. The molecular weight excluding hydrogens is 246 g/mol. The van der Waals surface area contributed by atoms with E-state index in [4.69, 9.17) is 5.73 Å². The van der Waals surface area contributed by atoms with E-state index in [1.54, 1.807) is 0 Å². The van der Waals surface area contributed by atoms with Crippen molar-refractivity contribution in [3.8, 4) is 0 Å². The van der Waals surface area contributed by atoms with Gasteiger partial charge in [0.05, 0.1) is 0 Å². The molecule has 0 aliphatic carbocycles. The number of piperidine rings is 1. The molecule has 0 unspecified atom stereocenters. The smallest absolute Gasteiger partial charge is 0.0459 e. The monoisotopic (exact) mass is 271 g/mol. The maximum atomic E-state index is 5.96. The molecule has 3 nitrogen and oxygen atoms in total. The number of H-pyrrole nitrogens is 1. The van der Waals surface area contributed by atoms with E-state index in [1.807, 2.05) is 0 Å². The quantitative estimate of drug-likeness (QED) is 0.900. The van der Waals surface area contributed by atoms with Crippen LogP contribution in [0.5, 0.6) is 0 Å². The topological polar surface area (TPSA) is 45.0 Å². The van der Waals surface area contributed by atoms with Gasteiger partial charge in [0, 0.05) is 23.8 Å². The van der Waals surface area contributed by atoms with Crippen LogP contribution in [-0.4, -0.2) is 29.0 Å². The van der Waals surface area contributed by atoms with Gasteiger partial charge < -0.3 is 10.7 Å². The van der Waals surface area contributed by atoms with Gasteiger partial charge in [-0.15, -0.1) is 0 Å². The zero-order valence-electron chi connectivity index (χ0n) is 12.5. The maximum absolute atomic E-state index is 5.96. The van der Waals surface area contributed by atoms with Gasteiger partial charge in [-0.2, -0.15) is 0 Å². The number of hydrogen-bond acceptors (Lipinski definition) is 2. The van der Waals surface area contributed by atoms with E-state index in [0.717, 1.165) is 32.5 Å². The molecule has 1 aliphatic heterocycles. The van der Waals surface area contributed by atoms with Crippen LogP contribution >= 0.6 is 0 Å². The Bertz CT molecular complexity index is 577. The number of fused-ring (bicyclic) bond motifs is 1. The Labute approximate surface area is 121 Å². The average Bonchev–Trinajstić information content (AvgIpc) is 2.85. The number of hydrogen-bond donors (Lipinski definition) is 2. The number of rotatable bonds is 3. The molecule has 1 aromatic heterocycles. The fraction of sp³-hybridized carbons (Fsp3) is 0.529. The molecule has 3 N–H and O–H groups in total. The molecule has 2 aromatic rings. The van der Waals surface area contributed by atoms with E-state index in [2.05, 4.69) is 48.0 Å². The Balaban J connectivity index is 1.75.